The van der Waals surface area contributed by atoms with Crippen LogP contribution in [0.3, 0.4) is 0 Å². The SMILES string of the molecule is CCC(CC)(CCO)CNC(=O)c1cc(C)ccc1-n1ccnc1. The number of hydrogen-bond acceptors (Lipinski definition) is 3. The summed E-state index contributed by atoms with van der Waals surface area (Å²) in [5, 5.41) is 12.4. The van der Waals surface area contributed by atoms with Crippen molar-refractivity contribution in [2.75, 3.05) is 13.2 Å². The van der Waals surface area contributed by atoms with E-state index in [2.05, 4.69) is 24.1 Å². The van der Waals surface area contributed by atoms with Crippen molar-refractivity contribution in [1.29, 1.82) is 0 Å². The number of carbonyl (C=O) groups excluding carboxylic acids is 1. The van der Waals surface area contributed by atoms with E-state index in [9.17, 15) is 9.90 Å². The number of aryl methyl sites for hydroxylation is 1. The fourth-order valence-electron chi connectivity index (χ4n) is 3.00. The highest BCUT2D eigenvalue weighted by atomic mass is 16.3. The molecule has 1 amide bonds. The van der Waals surface area contributed by atoms with Crippen molar-refractivity contribution in [3.05, 3.63) is 48.0 Å². The molecule has 0 radical (unpaired) electrons. The Labute approximate surface area is 143 Å². The molecule has 1 aromatic carbocycles. The molecule has 0 atom stereocenters. The van der Waals surface area contributed by atoms with Gasteiger partial charge in [0.1, 0.15) is 0 Å². The Bertz CT molecular complexity index is 661. The van der Waals surface area contributed by atoms with Crippen LogP contribution >= 0.6 is 0 Å². The quantitative estimate of drug-likeness (QED) is 0.782. The lowest BCUT2D eigenvalue weighted by Gasteiger charge is -2.31. The molecule has 0 saturated heterocycles. The van der Waals surface area contributed by atoms with E-state index in [0.717, 1.165) is 24.1 Å². The normalized spacial score (nSPS) is 11.5. The van der Waals surface area contributed by atoms with Crippen LogP contribution in [-0.2, 0) is 0 Å². The Morgan fingerprint density at radius 3 is 2.67 bits per heavy atom. The summed E-state index contributed by atoms with van der Waals surface area (Å²) in [7, 11) is 0. The van der Waals surface area contributed by atoms with E-state index in [-0.39, 0.29) is 17.9 Å². The predicted octanol–water partition coefficient (Wildman–Crippen LogP) is 3.10. The first-order chi connectivity index (χ1) is 11.5. The van der Waals surface area contributed by atoms with Gasteiger partial charge >= 0.3 is 0 Å². The van der Waals surface area contributed by atoms with E-state index >= 15 is 0 Å². The summed E-state index contributed by atoms with van der Waals surface area (Å²) in [4.78, 5) is 16.8. The zero-order chi connectivity index (χ0) is 17.6. The Morgan fingerprint density at radius 2 is 2.08 bits per heavy atom. The summed E-state index contributed by atoms with van der Waals surface area (Å²) in [6.07, 6.45) is 7.76. The van der Waals surface area contributed by atoms with Crippen molar-refractivity contribution >= 4 is 5.91 Å². The molecule has 0 aliphatic rings. The lowest BCUT2D eigenvalue weighted by atomic mass is 9.79. The molecule has 5 heteroatoms. The second kappa shape index (κ2) is 8.11. The summed E-state index contributed by atoms with van der Waals surface area (Å²) < 4.78 is 1.84. The number of benzene rings is 1. The van der Waals surface area contributed by atoms with Crippen molar-refractivity contribution in [2.45, 2.75) is 40.0 Å². The van der Waals surface area contributed by atoms with Gasteiger partial charge in [0.05, 0.1) is 17.6 Å². The Kier molecular flexibility index (Phi) is 6.15. The lowest BCUT2D eigenvalue weighted by molar-refractivity contribution is 0.0907. The average Bonchev–Trinajstić information content (AvgIpc) is 3.12. The molecule has 0 aliphatic carbocycles. The van der Waals surface area contributed by atoms with Crippen LogP contribution in [0.2, 0.25) is 0 Å². The molecule has 2 aromatic rings. The Hall–Kier alpha value is -2.14. The smallest absolute Gasteiger partial charge is 0.253 e. The number of imidazole rings is 1. The maximum atomic E-state index is 12.8. The number of carbonyl (C=O) groups is 1. The van der Waals surface area contributed by atoms with Gasteiger partial charge in [-0.3, -0.25) is 4.79 Å². The molecule has 0 unspecified atom stereocenters. The molecule has 2 N–H and O–H groups in total. The fraction of sp³-hybridized carbons (Fsp3) is 0.474. The molecule has 0 spiro atoms. The van der Waals surface area contributed by atoms with E-state index in [1.165, 1.54) is 0 Å². The number of aliphatic hydroxyl groups excluding tert-OH is 1. The van der Waals surface area contributed by atoms with E-state index in [1.54, 1.807) is 12.5 Å². The van der Waals surface area contributed by atoms with Crippen LogP contribution in [0, 0.1) is 12.3 Å². The van der Waals surface area contributed by atoms with Crippen LogP contribution in [0.4, 0.5) is 0 Å². The first kappa shape index (κ1) is 18.2. The molecule has 130 valence electrons. The van der Waals surface area contributed by atoms with Gasteiger partial charge in [0, 0.05) is 25.5 Å². The monoisotopic (exact) mass is 329 g/mol. The molecule has 5 nitrogen and oxygen atoms in total. The van der Waals surface area contributed by atoms with Crippen molar-refractivity contribution in [3.63, 3.8) is 0 Å². The number of hydrogen-bond donors (Lipinski definition) is 2. The van der Waals surface area contributed by atoms with Gasteiger partial charge in [-0.15, -0.1) is 0 Å². The largest absolute Gasteiger partial charge is 0.396 e. The number of aromatic nitrogens is 2. The maximum absolute atomic E-state index is 12.8. The third-order valence-electron chi connectivity index (χ3n) is 4.95. The molecule has 0 bridgehead atoms. The van der Waals surface area contributed by atoms with Gasteiger partial charge in [-0.2, -0.15) is 0 Å². The summed E-state index contributed by atoms with van der Waals surface area (Å²) in [6, 6.07) is 5.82. The van der Waals surface area contributed by atoms with Crippen LogP contribution in [0.15, 0.2) is 36.9 Å². The lowest BCUT2D eigenvalue weighted by Crippen LogP contribution is -2.38. The standard InChI is InChI=1S/C19H27N3O2/c1-4-19(5-2,8-11-23)13-21-18(24)16-12-15(3)6-7-17(16)22-10-9-20-14-22/h6-7,9-10,12,14,23H,4-5,8,11,13H2,1-3H3,(H,21,24). The first-order valence-corrected chi connectivity index (χ1v) is 8.53. The summed E-state index contributed by atoms with van der Waals surface area (Å²) in [5.74, 6) is -0.0911. The molecule has 0 saturated carbocycles. The summed E-state index contributed by atoms with van der Waals surface area (Å²) >= 11 is 0. The molecule has 1 aromatic heterocycles. The van der Waals surface area contributed by atoms with Gasteiger partial charge in [-0.05, 0) is 43.7 Å². The third kappa shape index (κ3) is 4.03. The van der Waals surface area contributed by atoms with Crippen LogP contribution in [0.5, 0.6) is 0 Å². The van der Waals surface area contributed by atoms with Gasteiger partial charge in [0.2, 0.25) is 0 Å². The minimum absolute atomic E-state index is 0.0522. The van der Waals surface area contributed by atoms with Gasteiger partial charge in [-0.25, -0.2) is 4.98 Å². The number of aliphatic hydroxyl groups is 1. The van der Waals surface area contributed by atoms with Gasteiger partial charge in [0.15, 0.2) is 0 Å². The third-order valence-corrected chi connectivity index (χ3v) is 4.95. The van der Waals surface area contributed by atoms with Gasteiger partial charge < -0.3 is 15.0 Å². The number of amides is 1. The van der Waals surface area contributed by atoms with Crippen LogP contribution < -0.4 is 5.32 Å². The van der Waals surface area contributed by atoms with Crippen LogP contribution in [0.1, 0.15) is 49.0 Å². The van der Waals surface area contributed by atoms with Crippen molar-refractivity contribution in [1.82, 2.24) is 14.9 Å². The number of nitrogens with one attached hydrogen (secondary N) is 1. The van der Waals surface area contributed by atoms with Crippen LogP contribution in [0.25, 0.3) is 5.69 Å². The maximum Gasteiger partial charge on any atom is 0.253 e. The van der Waals surface area contributed by atoms with E-state index in [4.69, 9.17) is 0 Å². The van der Waals surface area contributed by atoms with Crippen molar-refractivity contribution < 1.29 is 9.90 Å². The van der Waals surface area contributed by atoms with E-state index < -0.39 is 0 Å². The second-order valence-electron chi connectivity index (χ2n) is 6.35. The zero-order valence-corrected chi connectivity index (χ0v) is 14.7. The average molecular weight is 329 g/mol. The second-order valence-corrected chi connectivity index (χ2v) is 6.35. The molecule has 24 heavy (non-hydrogen) atoms. The molecule has 0 aliphatic heterocycles. The first-order valence-electron chi connectivity index (χ1n) is 8.53. The molecular formula is C19H27N3O2. The highest BCUT2D eigenvalue weighted by molar-refractivity contribution is 5.98. The molecule has 0 fully saturated rings. The molecular weight excluding hydrogens is 302 g/mol. The van der Waals surface area contributed by atoms with Crippen LogP contribution in [-0.4, -0.2) is 33.7 Å². The minimum Gasteiger partial charge on any atom is -0.396 e. The fourth-order valence-corrected chi connectivity index (χ4v) is 3.00. The predicted molar refractivity (Wildman–Crippen MR) is 95.4 cm³/mol. The number of nitrogens with zero attached hydrogens (tertiary/aromatic N) is 2. The summed E-state index contributed by atoms with van der Waals surface area (Å²) in [6.45, 7) is 6.89. The molecule has 2 rings (SSSR count). The van der Waals surface area contributed by atoms with Crippen molar-refractivity contribution in [3.8, 4) is 5.69 Å². The van der Waals surface area contributed by atoms with Gasteiger partial charge in [-0.1, -0.05) is 25.5 Å². The molecule has 1 heterocycles. The highest BCUT2D eigenvalue weighted by Gasteiger charge is 2.26. The Balaban J connectivity index is 2.22. The number of rotatable bonds is 8. The van der Waals surface area contributed by atoms with E-state index in [1.807, 2.05) is 35.9 Å². The highest BCUT2D eigenvalue weighted by Crippen LogP contribution is 2.29. The topological polar surface area (TPSA) is 67.2 Å². The Morgan fingerprint density at radius 1 is 1.33 bits per heavy atom. The zero-order valence-electron chi connectivity index (χ0n) is 14.7. The summed E-state index contributed by atoms with van der Waals surface area (Å²) in [5.41, 5.74) is 2.44. The van der Waals surface area contributed by atoms with Crippen molar-refractivity contribution in [2.24, 2.45) is 5.41 Å². The van der Waals surface area contributed by atoms with Gasteiger partial charge in [0.25, 0.3) is 5.91 Å². The minimum atomic E-state index is -0.0911. The van der Waals surface area contributed by atoms with E-state index in [0.29, 0.717) is 18.5 Å².